The molecule has 2 rings (SSSR count). The van der Waals surface area contributed by atoms with Crippen LogP contribution in [0.1, 0.15) is 17.3 Å². The number of carbonyl (C=O) groups is 1. The molecule has 5 heteroatoms. The molecule has 0 atom stereocenters. The standard InChI is InChI=1S/C15H16N2O3/c1-3-20-15-13(5-4-10-16-15)17-14(18)11-6-8-12(19-2)9-7-11/h4-10H,3H2,1-2H3,(H,17,18). The van der Waals surface area contributed by atoms with E-state index in [1.807, 2.05) is 6.92 Å². The number of nitrogens with one attached hydrogen (secondary N) is 1. The summed E-state index contributed by atoms with van der Waals surface area (Å²) in [5, 5.41) is 2.78. The van der Waals surface area contributed by atoms with E-state index in [0.717, 1.165) is 0 Å². The zero-order valence-electron chi connectivity index (χ0n) is 11.4. The molecule has 1 aromatic carbocycles. The van der Waals surface area contributed by atoms with Gasteiger partial charge in [-0.25, -0.2) is 4.98 Å². The van der Waals surface area contributed by atoms with Crippen LogP contribution in [0.25, 0.3) is 0 Å². The average Bonchev–Trinajstić information content (AvgIpc) is 2.49. The van der Waals surface area contributed by atoms with Crippen molar-refractivity contribution in [2.75, 3.05) is 19.0 Å². The van der Waals surface area contributed by atoms with Gasteiger partial charge in [0, 0.05) is 11.8 Å². The third-order valence-electron chi connectivity index (χ3n) is 2.65. The van der Waals surface area contributed by atoms with Crippen LogP contribution in [0, 0.1) is 0 Å². The Morgan fingerprint density at radius 1 is 1.25 bits per heavy atom. The maximum absolute atomic E-state index is 12.1. The van der Waals surface area contributed by atoms with Crippen LogP contribution in [-0.4, -0.2) is 24.6 Å². The van der Waals surface area contributed by atoms with Crippen molar-refractivity contribution in [2.45, 2.75) is 6.92 Å². The number of amides is 1. The Hall–Kier alpha value is -2.56. The summed E-state index contributed by atoms with van der Waals surface area (Å²) in [6.45, 7) is 2.35. The van der Waals surface area contributed by atoms with Crippen LogP contribution in [0.3, 0.4) is 0 Å². The van der Waals surface area contributed by atoms with Crippen LogP contribution < -0.4 is 14.8 Å². The SMILES string of the molecule is CCOc1ncccc1NC(=O)c1ccc(OC)cc1. The fourth-order valence-electron chi connectivity index (χ4n) is 1.67. The Kier molecular flexibility index (Phi) is 4.55. The molecule has 0 aliphatic rings. The van der Waals surface area contributed by atoms with Crippen LogP contribution in [0.4, 0.5) is 5.69 Å². The maximum atomic E-state index is 12.1. The van der Waals surface area contributed by atoms with Crippen molar-refractivity contribution in [1.82, 2.24) is 4.98 Å². The van der Waals surface area contributed by atoms with Crippen molar-refractivity contribution in [2.24, 2.45) is 0 Å². The Bertz CT molecular complexity index is 582. The third kappa shape index (κ3) is 3.26. The zero-order valence-corrected chi connectivity index (χ0v) is 11.4. The summed E-state index contributed by atoms with van der Waals surface area (Å²) in [6, 6.07) is 10.4. The molecule has 0 aliphatic carbocycles. The molecule has 1 heterocycles. The monoisotopic (exact) mass is 272 g/mol. The Morgan fingerprint density at radius 3 is 2.65 bits per heavy atom. The summed E-state index contributed by atoms with van der Waals surface area (Å²) >= 11 is 0. The fourth-order valence-corrected chi connectivity index (χ4v) is 1.67. The Balaban J connectivity index is 2.14. The van der Waals surface area contributed by atoms with Gasteiger partial charge in [0.1, 0.15) is 11.4 Å². The largest absolute Gasteiger partial charge is 0.497 e. The minimum atomic E-state index is -0.221. The Labute approximate surface area is 117 Å². The van der Waals surface area contributed by atoms with Gasteiger partial charge in [0.05, 0.1) is 13.7 Å². The zero-order chi connectivity index (χ0) is 14.4. The van der Waals surface area contributed by atoms with Crippen molar-refractivity contribution in [3.8, 4) is 11.6 Å². The molecule has 0 fully saturated rings. The lowest BCUT2D eigenvalue weighted by Gasteiger charge is -2.10. The smallest absolute Gasteiger partial charge is 0.255 e. The minimum absolute atomic E-state index is 0.221. The van der Waals surface area contributed by atoms with E-state index in [1.165, 1.54) is 0 Å². The first-order valence-corrected chi connectivity index (χ1v) is 6.27. The highest BCUT2D eigenvalue weighted by Crippen LogP contribution is 2.21. The van der Waals surface area contributed by atoms with E-state index < -0.39 is 0 Å². The van der Waals surface area contributed by atoms with Crippen LogP contribution >= 0.6 is 0 Å². The molecule has 1 amide bonds. The average molecular weight is 272 g/mol. The van der Waals surface area contributed by atoms with E-state index in [-0.39, 0.29) is 5.91 Å². The maximum Gasteiger partial charge on any atom is 0.255 e. The first-order chi connectivity index (χ1) is 9.74. The molecule has 0 saturated carbocycles. The number of hydrogen-bond acceptors (Lipinski definition) is 4. The lowest BCUT2D eigenvalue weighted by Crippen LogP contribution is -2.13. The third-order valence-corrected chi connectivity index (χ3v) is 2.65. The van der Waals surface area contributed by atoms with E-state index in [2.05, 4.69) is 10.3 Å². The molecule has 0 saturated heterocycles. The summed E-state index contributed by atoms with van der Waals surface area (Å²) in [5.41, 5.74) is 1.09. The summed E-state index contributed by atoms with van der Waals surface area (Å²) in [6.07, 6.45) is 1.62. The van der Waals surface area contributed by atoms with Gasteiger partial charge in [-0.1, -0.05) is 0 Å². The van der Waals surface area contributed by atoms with Gasteiger partial charge >= 0.3 is 0 Å². The first-order valence-electron chi connectivity index (χ1n) is 6.27. The topological polar surface area (TPSA) is 60.5 Å². The number of hydrogen-bond donors (Lipinski definition) is 1. The van der Waals surface area contributed by atoms with E-state index >= 15 is 0 Å². The molecule has 0 aliphatic heterocycles. The van der Waals surface area contributed by atoms with Crippen molar-refractivity contribution in [1.29, 1.82) is 0 Å². The van der Waals surface area contributed by atoms with Gasteiger partial charge in [0.2, 0.25) is 5.88 Å². The van der Waals surface area contributed by atoms with Gasteiger partial charge in [-0.2, -0.15) is 0 Å². The fraction of sp³-hybridized carbons (Fsp3) is 0.200. The molecule has 1 aromatic heterocycles. The van der Waals surface area contributed by atoms with Crippen molar-refractivity contribution in [3.05, 3.63) is 48.2 Å². The second kappa shape index (κ2) is 6.56. The van der Waals surface area contributed by atoms with E-state index in [1.54, 1.807) is 49.7 Å². The van der Waals surface area contributed by atoms with Crippen LogP contribution in [0.15, 0.2) is 42.6 Å². The number of rotatable bonds is 5. The summed E-state index contributed by atoms with van der Waals surface area (Å²) in [4.78, 5) is 16.2. The molecular formula is C15H16N2O3. The van der Waals surface area contributed by atoms with Gasteiger partial charge in [-0.15, -0.1) is 0 Å². The van der Waals surface area contributed by atoms with Gasteiger partial charge in [0.25, 0.3) is 5.91 Å². The number of ether oxygens (including phenoxy) is 2. The molecule has 104 valence electrons. The number of aromatic nitrogens is 1. The second-order valence-corrected chi connectivity index (χ2v) is 3.97. The van der Waals surface area contributed by atoms with Crippen molar-refractivity contribution < 1.29 is 14.3 Å². The lowest BCUT2D eigenvalue weighted by molar-refractivity contribution is 0.102. The molecule has 0 unspecified atom stereocenters. The summed E-state index contributed by atoms with van der Waals surface area (Å²) < 4.78 is 10.4. The lowest BCUT2D eigenvalue weighted by atomic mass is 10.2. The van der Waals surface area contributed by atoms with Crippen molar-refractivity contribution in [3.63, 3.8) is 0 Å². The Morgan fingerprint density at radius 2 is 2.00 bits per heavy atom. The molecular weight excluding hydrogens is 256 g/mol. The van der Waals surface area contributed by atoms with E-state index in [4.69, 9.17) is 9.47 Å². The molecule has 20 heavy (non-hydrogen) atoms. The van der Waals surface area contributed by atoms with Crippen molar-refractivity contribution >= 4 is 11.6 Å². The van der Waals surface area contributed by atoms with Crippen LogP contribution in [-0.2, 0) is 0 Å². The predicted octanol–water partition coefficient (Wildman–Crippen LogP) is 2.74. The highest BCUT2D eigenvalue weighted by atomic mass is 16.5. The van der Waals surface area contributed by atoms with E-state index in [9.17, 15) is 4.79 Å². The number of nitrogens with zero attached hydrogens (tertiary/aromatic N) is 1. The highest BCUT2D eigenvalue weighted by molar-refractivity contribution is 6.04. The van der Waals surface area contributed by atoms with Crippen LogP contribution in [0.5, 0.6) is 11.6 Å². The molecule has 1 N–H and O–H groups in total. The number of benzene rings is 1. The molecule has 0 radical (unpaired) electrons. The number of carbonyl (C=O) groups excluding carboxylic acids is 1. The van der Waals surface area contributed by atoms with Gasteiger partial charge in [-0.3, -0.25) is 4.79 Å². The van der Waals surface area contributed by atoms with Gasteiger partial charge in [0.15, 0.2) is 0 Å². The molecule has 0 spiro atoms. The molecule has 0 bridgehead atoms. The second-order valence-electron chi connectivity index (χ2n) is 3.97. The van der Waals surface area contributed by atoms with Gasteiger partial charge < -0.3 is 14.8 Å². The van der Waals surface area contributed by atoms with E-state index in [0.29, 0.717) is 29.5 Å². The molecule has 5 nitrogen and oxygen atoms in total. The summed E-state index contributed by atoms with van der Waals surface area (Å²) in [5.74, 6) is 0.899. The van der Waals surface area contributed by atoms with Gasteiger partial charge in [-0.05, 0) is 43.3 Å². The minimum Gasteiger partial charge on any atom is -0.497 e. The number of methoxy groups -OCH3 is 1. The first kappa shape index (κ1) is 13.9. The predicted molar refractivity (Wildman–Crippen MR) is 76.4 cm³/mol. The number of anilines is 1. The molecule has 2 aromatic rings. The summed E-state index contributed by atoms with van der Waals surface area (Å²) in [7, 11) is 1.58. The number of pyridine rings is 1. The quantitative estimate of drug-likeness (QED) is 0.909. The normalized spacial score (nSPS) is 9.90. The van der Waals surface area contributed by atoms with Crippen LogP contribution in [0.2, 0.25) is 0 Å². The highest BCUT2D eigenvalue weighted by Gasteiger charge is 2.10.